The molecule has 0 saturated heterocycles. The van der Waals surface area contributed by atoms with Gasteiger partial charge in [0.25, 0.3) is 0 Å². The number of nitrogens with zero attached hydrogens (tertiary/aromatic N) is 2. The number of hydrogen-bond acceptors (Lipinski definition) is 4. The maximum absolute atomic E-state index is 11.6. The number of nitrogens with one attached hydrogen (secondary N) is 1. The van der Waals surface area contributed by atoms with Crippen molar-refractivity contribution in [3.8, 4) is 11.5 Å². The number of unbranched alkanes of at least 4 members (excludes halogenated alkanes) is 1. The summed E-state index contributed by atoms with van der Waals surface area (Å²) in [7, 11) is 0. The second-order valence-corrected chi connectivity index (χ2v) is 7.94. The molecular formula is C23H30N4O2. The van der Waals surface area contributed by atoms with E-state index in [-0.39, 0.29) is 5.91 Å². The summed E-state index contributed by atoms with van der Waals surface area (Å²) in [6.07, 6.45) is 2.12. The number of imidazole rings is 1. The summed E-state index contributed by atoms with van der Waals surface area (Å²) < 4.78 is 8.24. The average molecular weight is 395 g/mol. The van der Waals surface area contributed by atoms with Crippen molar-refractivity contribution in [2.45, 2.75) is 59.2 Å². The molecule has 0 saturated carbocycles. The van der Waals surface area contributed by atoms with Crippen LogP contribution in [0.2, 0.25) is 0 Å². The highest BCUT2D eigenvalue weighted by Gasteiger charge is 2.25. The molecule has 0 unspecified atom stereocenters. The number of aryl methyl sites for hydroxylation is 2. The van der Waals surface area contributed by atoms with Gasteiger partial charge in [-0.2, -0.15) is 0 Å². The molecule has 29 heavy (non-hydrogen) atoms. The van der Waals surface area contributed by atoms with E-state index in [0.717, 1.165) is 47.7 Å². The van der Waals surface area contributed by atoms with Crippen LogP contribution in [0.3, 0.4) is 0 Å². The summed E-state index contributed by atoms with van der Waals surface area (Å²) in [4.78, 5) is 16.4. The molecule has 0 aliphatic heterocycles. The van der Waals surface area contributed by atoms with Gasteiger partial charge in [-0.25, -0.2) is 4.98 Å². The van der Waals surface area contributed by atoms with Crippen molar-refractivity contribution in [3.63, 3.8) is 0 Å². The van der Waals surface area contributed by atoms with E-state index in [1.807, 2.05) is 42.5 Å². The Kier molecular flexibility index (Phi) is 6.23. The van der Waals surface area contributed by atoms with Crippen LogP contribution in [0.4, 0.5) is 0 Å². The Morgan fingerprint density at radius 3 is 2.52 bits per heavy atom. The van der Waals surface area contributed by atoms with Crippen LogP contribution in [0, 0.1) is 6.92 Å². The first-order valence-corrected chi connectivity index (χ1v) is 10.1. The zero-order valence-corrected chi connectivity index (χ0v) is 17.7. The largest absolute Gasteiger partial charge is 0.457 e. The van der Waals surface area contributed by atoms with Gasteiger partial charge in [0.15, 0.2) is 0 Å². The first kappa shape index (κ1) is 20.9. The summed E-state index contributed by atoms with van der Waals surface area (Å²) in [6, 6.07) is 13.9. The van der Waals surface area contributed by atoms with E-state index in [2.05, 4.69) is 23.7 Å². The van der Waals surface area contributed by atoms with Crippen LogP contribution in [0.15, 0.2) is 42.5 Å². The van der Waals surface area contributed by atoms with Gasteiger partial charge in [-0.15, -0.1) is 0 Å². The molecule has 3 rings (SSSR count). The molecule has 1 amide bonds. The van der Waals surface area contributed by atoms with E-state index < -0.39 is 5.54 Å². The number of nitrogens with two attached hydrogens (primary N) is 1. The fourth-order valence-electron chi connectivity index (χ4n) is 3.05. The lowest BCUT2D eigenvalue weighted by molar-refractivity contribution is -0.123. The van der Waals surface area contributed by atoms with Gasteiger partial charge in [-0.3, -0.25) is 10.1 Å². The van der Waals surface area contributed by atoms with Crippen molar-refractivity contribution in [1.29, 1.82) is 0 Å². The molecule has 0 aliphatic rings. The molecule has 0 spiro atoms. The lowest BCUT2D eigenvalue weighted by Gasteiger charge is -2.22. The molecular weight excluding hydrogens is 364 g/mol. The van der Waals surface area contributed by atoms with Crippen molar-refractivity contribution in [1.82, 2.24) is 14.9 Å². The summed E-state index contributed by atoms with van der Waals surface area (Å²) in [5.74, 6) is 2.08. The van der Waals surface area contributed by atoms with E-state index >= 15 is 0 Å². The number of amides is 1. The van der Waals surface area contributed by atoms with E-state index in [1.165, 1.54) is 5.56 Å². The minimum atomic E-state index is -0.798. The lowest BCUT2D eigenvalue weighted by atomic mass is 10.1. The van der Waals surface area contributed by atoms with Crippen molar-refractivity contribution in [2.75, 3.05) is 0 Å². The summed E-state index contributed by atoms with van der Waals surface area (Å²) in [5.41, 5.74) is 7.82. The molecule has 3 N–H and O–H groups in total. The highest BCUT2D eigenvalue weighted by Crippen LogP contribution is 2.27. The summed E-state index contributed by atoms with van der Waals surface area (Å²) in [6.45, 7) is 9.09. The monoisotopic (exact) mass is 394 g/mol. The lowest BCUT2D eigenvalue weighted by Crippen LogP contribution is -2.50. The van der Waals surface area contributed by atoms with Crippen LogP contribution in [0.1, 0.15) is 45.0 Å². The second-order valence-electron chi connectivity index (χ2n) is 7.94. The maximum atomic E-state index is 11.6. The van der Waals surface area contributed by atoms with Gasteiger partial charge >= 0.3 is 0 Å². The molecule has 0 atom stereocenters. The van der Waals surface area contributed by atoms with E-state index in [0.29, 0.717) is 6.54 Å². The van der Waals surface area contributed by atoms with E-state index in [9.17, 15) is 4.79 Å². The third-order valence-electron chi connectivity index (χ3n) is 5.10. The predicted molar refractivity (Wildman–Crippen MR) is 116 cm³/mol. The molecule has 154 valence electrons. The maximum Gasteiger partial charge on any atom is 0.237 e. The smallest absolute Gasteiger partial charge is 0.237 e. The van der Waals surface area contributed by atoms with Gasteiger partial charge in [0.2, 0.25) is 5.91 Å². The van der Waals surface area contributed by atoms with Crippen molar-refractivity contribution in [3.05, 3.63) is 53.9 Å². The van der Waals surface area contributed by atoms with Crippen LogP contribution >= 0.6 is 0 Å². The fourth-order valence-corrected chi connectivity index (χ4v) is 3.05. The summed E-state index contributed by atoms with van der Waals surface area (Å²) >= 11 is 0. The number of benzene rings is 2. The van der Waals surface area contributed by atoms with Crippen LogP contribution in [0.25, 0.3) is 11.0 Å². The van der Waals surface area contributed by atoms with Crippen LogP contribution < -0.4 is 15.8 Å². The molecule has 6 nitrogen and oxygen atoms in total. The Hall–Kier alpha value is -2.86. The number of rotatable bonds is 9. The Balaban J connectivity index is 1.91. The molecule has 6 heteroatoms. The Labute approximate surface area is 172 Å². The van der Waals surface area contributed by atoms with Crippen molar-refractivity contribution < 1.29 is 9.53 Å². The summed E-state index contributed by atoms with van der Waals surface area (Å²) in [5, 5.41) is 3.22. The predicted octanol–water partition coefficient (Wildman–Crippen LogP) is 4.29. The standard InChI is InChI=1S/C23H30N4O2/c1-5-6-13-27-20-14-18(29-17-9-7-16(2)8-10-17)11-12-19(20)26-21(27)15-25-23(3,4)22(24)28/h7-12,14,25H,5-6,13,15H2,1-4H3,(H2,24,28). The number of carbonyl (C=O) groups excluding carboxylic acids is 1. The Morgan fingerprint density at radius 1 is 1.17 bits per heavy atom. The van der Waals surface area contributed by atoms with E-state index in [4.69, 9.17) is 15.5 Å². The molecule has 2 aromatic carbocycles. The number of aromatic nitrogens is 2. The quantitative estimate of drug-likeness (QED) is 0.567. The first-order chi connectivity index (χ1) is 13.8. The molecule has 0 aliphatic carbocycles. The third kappa shape index (κ3) is 4.95. The highest BCUT2D eigenvalue weighted by atomic mass is 16.5. The highest BCUT2D eigenvalue weighted by molar-refractivity contribution is 5.83. The van der Waals surface area contributed by atoms with Gasteiger partial charge in [-0.05, 0) is 51.5 Å². The van der Waals surface area contributed by atoms with Gasteiger partial charge in [0.05, 0.1) is 23.1 Å². The Morgan fingerprint density at radius 2 is 1.86 bits per heavy atom. The molecule has 3 aromatic rings. The van der Waals surface area contributed by atoms with Gasteiger partial charge in [0, 0.05) is 12.6 Å². The fraction of sp³-hybridized carbons (Fsp3) is 0.391. The van der Waals surface area contributed by atoms with E-state index in [1.54, 1.807) is 13.8 Å². The number of hydrogen-bond donors (Lipinski definition) is 2. The zero-order chi connectivity index (χ0) is 21.0. The van der Waals surface area contributed by atoms with Gasteiger partial charge in [-0.1, -0.05) is 31.0 Å². The van der Waals surface area contributed by atoms with Crippen molar-refractivity contribution >= 4 is 16.9 Å². The average Bonchev–Trinajstić information content (AvgIpc) is 3.03. The second kappa shape index (κ2) is 8.66. The number of carbonyl (C=O) groups is 1. The Bertz CT molecular complexity index is 990. The minimum absolute atomic E-state index is 0.387. The minimum Gasteiger partial charge on any atom is -0.457 e. The molecule has 1 heterocycles. The van der Waals surface area contributed by atoms with Gasteiger partial charge < -0.3 is 15.0 Å². The molecule has 0 radical (unpaired) electrons. The number of fused-ring (bicyclic) bond motifs is 1. The van der Waals surface area contributed by atoms with Crippen molar-refractivity contribution in [2.24, 2.45) is 5.73 Å². The first-order valence-electron chi connectivity index (χ1n) is 10.1. The van der Waals surface area contributed by atoms with Gasteiger partial charge in [0.1, 0.15) is 17.3 Å². The molecule has 0 bridgehead atoms. The molecule has 0 fully saturated rings. The van der Waals surface area contributed by atoms with Crippen LogP contribution in [-0.4, -0.2) is 21.0 Å². The normalized spacial score (nSPS) is 11.7. The number of ether oxygens (including phenoxy) is 1. The molecule has 1 aromatic heterocycles. The van der Waals surface area contributed by atoms with Crippen LogP contribution in [0.5, 0.6) is 11.5 Å². The topological polar surface area (TPSA) is 82.2 Å². The van der Waals surface area contributed by atoms with Crippen LogP contribution in [-0.2, 0) is 17.9 Å². The third-order valence-corrected chi connectivity index (χ3v) is 5.10. The number of primary amides is 1. The zero-order valence-electron chi connectivity index (χ0n) is 17.7. The SMILES string of the molecule is CCCCn1c(CNC(C)(C)C(N)=O)nc2ccc(Oc3ccc(C)cc3)cc21.